The molecule has 0 aromatic carbocycles. The van der Waals surface area contributed by atoms with Crippen LogP contribution >= 0.6 is 0 Å². The van der Waals surface area contributed by atoms with Gasteiger partial charge in [0.2, 0.25) is 11.8 Å². The number of Topliss-reactive ketones (excluding diaryl/α,β-unsaturated/α-hetero) is 1. The molecule has 0 spiro atoms. The van der Waals surface area contributed by atoms with Crippen molar-refractivity contribution in [2.45, 2.75) is 25.9 Å². The molecule has 1 aliphatic rings. The van der Waals surface area contributed by atoms with E-state index in [0.29, 0.717) is 24.6 Å². The molecule has 2 aromatic heterocycles. The molecule has 124 valence electrons. The molecule has 1 amide bonds. The van der Waals surface area contributed by atoms with Gasteiger partial charge in [-0.25, -0.2) is 9.97 Å². The molecule has 2 unspecified atom stereocenters. The lowest BCUT2D eigenvalue weighted by Crippen LogP contribution is -2.47. The summed E-state index contributed by atoms with van der Waals surface area (Å²) in [7, 11) is 0. The standard InChI is InChI=1S/C16H17N5O3/c1-10(22)13(7-17)16(23)21-6-2-3-11(8-21)24-15-12-4-5-18-14(12)19-9-20-15/h4-5,9,11,13H,2-3,6,8H2,1H3,(H,18,19,20). The summed E-state index contributed by atoms with van der Waals surface area (Å²) in [6.45, 7) is 2.11. The van der Waals surface area contributed by atoms with Gasteiger partial charge in [0, 0.05) is 12.7 Å². The first kappa shape index (κ1) is 15.9. The number of aromatic nitrogens is 3. The van der Waals surface area contributed by atoms with Crippen molar-refractivity contribution in [1.82, 2.24) is 19.9 Å². The van der Waals surface area contributed by atoms with Crippen molar-refractivity contribution < 1.29 is 14.3 Å². The van der Waals surface area contributed by atoms with Crippen molar-refractivity contribution in [2.75, 3.05) is 13.1 Å². The quantitative estimate of drug-likeness (QED) is 0.840. The van der Waals surface area contributed by atoms with Gasteiger partial charge in [0.05, 0.1) is 18.0 Å². The zero-order valence-electron chi connectivity index (χ0n) is 13.2. The third kappa shape index (κ3) is 3.06. The number of rotatable bonds is 4. The number of ether oxygens (including phenoxy) is 1. The molecular weight excluding hydrogens is 310 g/mol. The number of carbonyl (C=O) groups is 2. The van der Waals surface area contributed by atoms with Gasteiger partial charge in [-0.2, -0.15) is 5.26 Å². The number of nitriles is 1. The lowest BCUT2D eigenvalue weighted by Gasteiger charge is -2.33. The molecule has 24 heavy (non-hydrogen) atoms. The number of ketones is 1. The van der Waals surface area contributed by atoms with Crippen LogP contribution in [0.2, 0.25) is 0 Å². The largest absolute Gasteiger partial charge is 0.472 e. The molecule has 0 aliphatic carbocycles. The number of hydrogen-bond acceptors (Lipinski definition) is 6. The highest BCUT2D eigenvalue weighted by atomic mass is 16.5. The predicted octanol–water partition coefficient (Wildman–Crippen LogP) is 1.06. The maximum Gasteiger partial charge on any atom is 0.247 e. The molecule has 0 bridgehead atoms. The van der Waals surface area contributed by atoms with E-state index in [4.69, 9.17) is 10.00 Å². The zero-order chi connectivity index (χ0) is 17.1. The number of piperidine rings is 1. The highest BCUT2D eigenvalue weighted by Crippen LogP contribution is 2.24. The van der Waals surface area contributed by atoms with E-state index in [1.807, 2.05) is 6.07 Å². The molecule has 3 rings (SSSR count). The zero-order valence-corrected chi connectivity index (χ0v) is 13.2. The Morgan fingerprint density at radius 2 is 2.33 bits per heavy atom. The first-order chi connectivity index (χ1) is 11.6. The van der Waals surface area contributed by atoms with E-state index in [1.54, 1.807) is 12.3 Å². The Hall–Kier alpha value is -2.95. The summed E-state index contributed by atoms with van der Waals surface area (Å²) < 4.78 is 5.95. The van der Waals surface area contributed by atoms with Crippen molar-refractivity contribution >= 4 is 22.7 Å². The fraction of sp³-hybridized carbons (Fsp3) is 0.438. The lowest BCUT2D eigenvalue weighted by molar-refractivity contribution is -0.140. The number of fused-ring (bicyclic) bond motifs is 1. The van der Waals surface area contributed by atoms with Gasteiger partial charge in [-0.1, -0.05) is 0 Å². The molecule has 3 heterocycles. The van der Waals surface area contributed by atoms with Crippen LogP contribution in [0.3, 0.4) is 0 Å². The summed E-state index contributed by atoms with van der Waals surface area (Å²) in [5.74, 6) is -1.66. The maximum absolute atomic E-state index is 12.3. The minimum absolute atomic E-state index is 0.234. The maximum atomic E-state index is 12.3. The van der Waals surface area contributed by atoms with Crippen LogP contribution in [0, 0.1) is 17.2 Å². The fourth-order valence-corrected chi connectivity index (χ4v) is 2.84. The summed E-state index contributed by atoms with van der Waals surface area (Å²) in [6, 6.07) is 3.61. The van der Waals surface area contributed by atoms with Crippen molar-refractivity contribution in [3.05, 3.63) is 18.6 Å². The molecular formula is C16H17N5O3. The van der Waals surface area contributed by atoms with Gasteiger partial charge in [-0.05, 0) is 25.8 Å². The second-order valence-electron chi connectivity index (χ2n) is 5.76. The van der Waals surface area contributed by atoms with E-state index < -0.39 is 17.6 Å². The van der Waals surface area contributed by atoms with Crippen molar-refractivity contribution in [3.8, 4) is 11.9 Å². The van der Waals surface area contributed by atoms with Gasteiger partial charge in [-0.15, -0.1) is 0 Å². The van der Waals surface area contributed by atoms with Gasteiger partial charge in [-0.3, -0.25) is 9.59 Å². The number of H-pyrrole nitrogens is 1. The Balaban J connectivity index is 1.72. The van der Waals surface area contributed by atoms with E-state index in [2.05, 4.69) is 15.0 Å². The minimum atomic E-state index is -1.24. The van der Waals surface area contributed by atoms with E-state index in [-0.39, 0.29) is 6.10 Å². The van der Waals surface area contributed by atoms with Gasteiger partial charge in [0.1, 0.15) is 18.1 Å². The molecule has 1 saturated heterocycles. The van der Waals surface area contributed by atoms with Gasteiger partial charge < -0.3 is 14.6 Å². The molecule has 1 N–H and O–H groups in total. The van der Waals surface area contributed by atoms with E-state index in [9.17, 15) is 9.59 Å². The van der Waals surface area contributed by atoms with E-state index >= 15 is 0 Å². The van der Waals surface area contributed by atoms with Crippen LogP contribution in [-0.4, -0.2) is 50.7 Å². The molecule has 1 aliphatic heterocycles. The van der Waals surface area contributed by atoms with Crippen LogP contribution in [0.1, 0.15) is 19.8 Å². The molecule has 2 atom stereocenters. The third-order valence-electron chi connectivity index (χ3n) is 4.07. The second-order valence-corrected chi connectivity index (χ2v) is 5.76. The normalized spacial score (nSPS) is 18.8. The second kappa shape index (κ2) is 6.66. The smallest absolute Gasteiger partial charge is 0.247 e. The number of nitrogens with one attached hydrogen (secondary N) is 1. The Morgan fingerprint density at radius 1 is 1.50 bits per heavy atom. The van der Waals surface area contributed by atoms with E-state index in [0.717, 1.165) is 18.2 Å². The molecule has 0 saturated carbocycles. The summed E-state index contributed by atoms with van der Waals surface area (Å²) >= 11 is 0. The van der Waals surface area contributed by atoms with Crippen molar-refractivity contribution in [2.24, 2.45) is 5.92 Å². The summed E-state index contributed by atoms with van der Waals surface area (Å²) in [4.78, 5) is 36.5. The number of aromatic amines is 1. The first-order valence-electron chi connectivity index (χ1n) is 7.73. The molecule has 8 nitrogen and oxygen atoms in total. The molecule has 8 heteroatoms. The lowest BCUT2D eigenvalue weighted by atomic mass is 10.0. The highest BCUT2D eigenvalue weighted by molar-refractivity contribution is 6.02. The Labute approximate surface area is 138 Å². The topological polar surface area (TPSA) is 112 Å². The van der Waals surface area contributed by atoms with Crippen LogP contribution in [0.4, 0.5) is 0 Å². The third-order valence-corrected chi connectivity index (χ3v) is 4.07. The van der Waals surface area contributed by atoms with Gasteiger partial charge in [0.25, 0.3) is 0 Å². The summed E-state index contributed by atoms with van der Waals surface area (Å²) in [5.41, 5.74) is 0.685. The molecule has 2 aromatic rings. The number of nitrogens with zero attached hydrogens (tertiary/aromatic N) is 4. The molecule has 1 fully saturated rings. The fourth-order valence-electron chi connectivity index (χ4n) is 2.84. The highest BCUT2D eigenvalue weighted by Gasteiger charge is 2.32. The number of amides is 1. The Kier molecular flexibility index (Phi) is 4.42. The number of likely N-dealkylation sites (tertiary alicyclic amines) is 1. The first-order valence-corrected chi connectivity index (χ1v) is 7.73. The predicted molar refractivity (Wildman–Crippen MR) is 83.9 cm³/mol. The van der Waals surface area contributed by atoms with E-state index in [1.165, 1.54) is 18.2 Å². The van der Waals surface area contributed by atoms with Crippen LogP contribution in [0.25, 0.3) is 11.0 Å². The average molecular weight is 327 g/mol. The Bertz CT molecular complexity index is 809. The van der Waals surface area contributed by atoms with Crippen LogP contribution in [0.15, 0.2) is 18.6 Å². The van der Waals surface area contributed by atoms with Gasteiger partial charge in [0.15, 0.2) is 11.7 Å². The molecule has 0 radical (unpaired) electrons. The Morgan fingerprint density at radius 3 is 3.08 bits per heavy atom. The SMILES string of the molecule is CC(=O)C(C#N)C(=O)N1CCCC(Oc2ncnc3[nH]ccc23)C1. The van der Waals surface area contributed by atoms with Crippen molar-refractivity contribution in [3.63, 3.8) is 0 Å². The van der Waals surface area contributed by atoms with Gasteiger partial charge >= 0.3 is 0 Å². The van der Waals surface area contributed by atoms with Crippen LogP contribution in [-0.2, 0) is 9.59 Å². The van der Waals surface area contributed by atoms with Crippen molar-refractivity contribution in [1.29, 1.82) is 5.26 Å². The van der Waals surface area contributed by atoms with Crippen LogP contribution < -0.4 is 4.74 Å². The average Bonchev–Trinajstić information content (AvgIpc) is 3.05. The monoisotopic (exact) mass is 327 g/mol. The van der Waals surface area contributed by atoms with Crippen LogP contribution in [0.5, 0.6) is 5.88 Å². The number of hydrogen-bond donors (Lipinski definition) is 1. The summed E-state index contributed by atoms with van der Waals surface area (Å²) in [6.07, 6.45) is 4.46. The summed E-state index contributed by atoms with van der Waals surface area (Å²) in [5, 5.41) is 9.80. The minimum Gasteiger partial charge on any atom is -0.472 e. The number of carbonyl (C=O) groups excluding carboxylic acids is 2.